The number of esters is 2. The molecule has 0 amide bonds. The van der Waals surface area contributed by atoms with E-state index in [9.17, 15) is 79.4 Å². The zero-order valence-corrected chi connectivity index (χ0v) is 31.2. The standard InChI is InChI=1S/2C8H11S.C7H7F5O5S.C6H5F5O5S/c2*1-9(2)8-6-4-3-5-7-8;1-3(2)4(13)17-5(6(8,9)10)7(11,12)18(14,15)16;1-2-3(12)16-4(5(7,8)9)6(10,11)17(13,14)15/h2*3-7H,1-2H3;5H,1H2,2H3,(H,14,15,16);2,4H,1H2,(H,13,14,15)/q2*+1;;/p-2. The Balaban J connectivity index is 0. The van der Waals surface area contributed by atoms with Crippen LogP contribution in [0.25, 0.3) is 0 Å². The second-order valence-corrected chi connectivity index (χ2v) is 17.1. The van der Waals surface area contributed by atoms with Crippen LogP contribution in [0.1, 0.15) is 6.92 Å². The molecule has 2 atom stereocenters. The predicted octanol–water partition coefficient (Wildman–Crippen LogP) is 5.81. The van der Waals surface area contributed by atoms with Crippen molar-refractivity contribution in [3.63, 3.8) is 0 Å². The van der Waals surface area contributed by atoms with Crippen LogP contribution in [0.15, 0.2) is 95.3 Å². The number of alkyl halides is 10. The topological polar surface area (TPSA) is 167 Å². The molecule has 0 aliphatic rings. The van der Waals surface area contributed by atoms with E-state index in [4.69, 9.17) is 0 Å². The summed E-state index contributed by atoms with van der Waals surface area (Å²) in [7, 11) is -12.5. The van der Waals surface area contributed by atoms with Crippen LogP contribution in [0.3, 0.4) is 0 Å². The minimum absolute atomic E-state index is 0.103. The van der Waals surface area contributed by atoms with Gasteiger partial charge in [-0.15, -0.1) is 0 Å². The van der Waals surface area contributed by atoms with Crippen molar-refractivity contribution >= 4 is 54.0 Å². The molecule has 0 aliphatic heterocycles. The highest BCUT2D eigenvalue weighted by atomic mass is 32.2. The Morgan fingerprint density at radius 2 is 0.943 bits per heavy atom. The lowest BCUT2D eigenvalue weighted by Gasteiger charge is -2.29. The number of hydrogen-bond acceptors (Lipinski definition) is 10. The Bertz CT molecular complexity index is 1660. The summed E-state index contributed by atoms with van der Waals surface area (Å²) in [6.45, 7) is 6.29. The van der Waals surface area contributed by atoms with Gasteiger partial charge in [-0.25, -0.2) is 26.4 Å². The van der Waals surface area contributed by atoms with E-state index in [1.807, 2.05) is 0 Å². The Morgan fingerprint density at radius 3 is 1.13 bits per heavy atom. The van der Waals surface area contributed by atoms with Gasteiger partial charge in [0.1, 0.15) is 25.0 Å². The highest BCUT2D eigenvalue weighted by Crippen LogP contribution is 2.39. The van der Waals surface area contributed by atoms with E-state index in [2.05, 4.69) is 108 Å². The molecule has 0 aromatic heterocycles. The van der Waals surface area contributed by atoms with Crippen LogP contribution in [-0.2, 0) is 61.1 Å². The molecule has 0 spiro atoms. The van der Waals surface area contributed by atoms with Crippen LogP contribution in [-0.4, -0.2) is 98.0 Å². The number of hydrogen-bond donors (Lipinski definition) is 0. The van der Waals surface area contributed by atoms with Crippen LogP contribution in [0.4, 0.5) is 43.9 Å². The Labute approximate surface area is 304 Å². The van der Waals surface area contributed by atoms with Gasteiger partial charge in [-0.3, -0.25) is 0 Å². The van der Waals surface area contributed by atoms with Crippen molar-refractivity contribution in [3.8, 4) is 0 Å². The van der Waals surface area contributed by atoms with Gasteiger partial charge < -0.3 is 18.6 Å². The summed E-state index contributed by atoms with van der Waals surface area (Å²) >= 11 is 0. The molecule has 10 nitrogen and oxygen atoms in total. The van der Waals surface area contributed by atoms with Gasteiger partial charge >= 0.3 is 34.8 Å². The lowest BCUT2D eigenvalue weighted by Crippen LogP contribution is -2.52. The molecule has 0 radical (unpaired) electrons. The fraction of sp³-hybridized carbons (Fsp3) is 0.379. The maximum absolute atomic E-state index is 12.8. The van der Waals surface area contributed by atoms with Crippen molar-refractivity contribution < 1.29 is 88.9 Å². The zero-order valence-electron chi connectivity index (χ0n) is 27.9. The van der Waals surface area contributed by atoms with Gasteiger partial charge in [0.2, 0.25) is 0 Å². The van der Waals surface area contributed by atoms with Crippen molar-refractivity contribution in [2.45, 2.75) is 51.8 Å². The lowest BCUT2D eigenvalue weighted by atomic mass is 10.3. The Kier molecular flexibility index (Phi) is 20.5. The van der Waals surface area contributed by atoms with Crippen LogP contribution < -0.4 is 0 Å². The molecule has 0 bridgehead atoms. The highest BCUT2D eigenvalue weighted by Gasteiger charge is 2.63. The van der Waals surface area contributed by atoms with E-state index in [0.717, 1.165) is 6.92 Å². The quantitative estimate of drug-likeness (QED) is 0.0937. The number of ether oxygens (including phenoxy) is 2. The monoisotopic (exact) mass is 858 g/mol. The van der Waals surface area contributed by atoms with Crippen LogP contribution in [0, 0.1) is 0 Å². The molecular formula is C29H32F10O10S4. The Morgan fingerprint density at radius 1 is 0.660 bits per heavy atom. The summed E-state index contributed by atoms with van der Waals surface area (Å²) in [6.07, 6.45) is -11.6. The summed E-state index contributed by atoms with van der Waals surface area (Å²) in [5.41, 5.74) is -0.677. The van der Waals surface area contributed by atoms with Gasteiger partial charge in [-0.05, 0) is 31.2 Å². The number of carbonyl (C=O) groups is 2. The molecule has 0 saturated carbocycles. The van der Waals surface area contributed by atoms with Gasteiger partial charge in [0.15, 0.2) is 30.0 Å². The summed E-state index contributed by atoms with van der Waals surface area (Å²) in [6, 6.07) is 21.1. The second-order valence-electron chi connectivity index (χ2n) is 9.96. The number of benzene rings is 2. The second kappa shape index (κ2) is 21.0. The third-order valence-corrected chi connectivity index (χ3v) is 9.47. The maximum atomic E-state index is 12.8. The van der Waals surface area contributed by atoms with Crippen molar-refractivity contribution in [1.29, 1.82) is 0 Å². The number of rotatable bonds is 10. The van der Waals surface area contributed by atoms with E-state index in [-0.39, 0.29) is 6.08 Å². The molecule has 2 aromatic rings. The van der Waals surface area contributed by atoms with Crippen molar-refractivity contribution in [2.75, 3.05) is 25.0 Å². The molecule has 2 rings (SSSR count). The van der Waals surface area contributed by atoms with Crippen LogP contribution in [0.5, 0.6) is 0 Å². The molecule has 2 unspecified atom stereocenters. The van der Waals surface area contributed by atoms with Gasteiger partial charge in [-0.2, -0.15) is 43.9 Å². The van der Waals surface area contributed by atoms with Crippen LogP contribution >= 0.6 is 0 Å². The summed E-state index contributed by atoms with van der Waals surface area (Å²) in [5, 5.41) is -11.7. The first-order chi connectivity index (χ1) is 23.7. The van der Waals surface area contributed by atoms with Crippen LogP contribution in [0.2, 0.25) is 0 Å². The summed E-state index contributed by atoms with van der Waals surface area (Å²) in [4.78, 5) is 24.0. The summed E-state index contributed by atoms with van der Waals surface area (Å²) < 4.78 is 190. The number of halogens is 10. The van der Waals surface area contributed by atoms with E-state index < -0.39 is 72.8 Å². The van der Waals surface area contributed by atoms with E-state index in [1.165, 1.54) is 9.79 Å². The van der Waals surface area contributed by atoms with E-state index in [1.54, 1.807) is 0 Å². The lowest BCUT2D eigenvalue weighted by molar-refractivity contribution is -0.257. The molecule has 0 fully saturated rings. The molecular weight excluding hydrogens is 827 g/mol. The SMILES string of the molecule is C=C(C)C(=O)OC(C(F)(F)F)C(F)(F)S(=O)(=O)[O-].C=CC(=O)OC(C(F)(F)F)C(F)(F)S(=O)(=O)[O-].C[S+](C)c1ccccc1.C[S+](C)c1ccccc1. The normalized spacial score (nSPS) is 13.4. The average molecular weight is 859 g/mol. The fourth-order valence-corrected chi connectivity index (χ4v) is 4.96. The van der Waals surface area contributed by atoms with Gasteiger partial charge in [-0.1, -0.05) is 49.6 Å². The average Bonchev–Trinajstić information content (AvgIpc) is 3.01. The minimum Gasteiger partial charge on any atom is -0.743 e. The fourth-order valence-electron chi connectivity index (χ4n) is 2.67. The van der Waals surface area contributed by atoms with Gasteiger partial charge in [0.25, 0.3) is 12.2 Å². The smallest absolute Gasteiger partial charge is 0.432 e. The molecule has 302 valence electrons. The largest absolute Gasteiger partial charge is 0.743 e. The van der Waals surface area contributed by atoms with Gasteiger partial charge in [0.05, 0.1) is 0 Å². The molecule has 0 N–H and O–H groups in total. The van der Waals surface area contributed by atoms with Gasteiger partial charge in [0, 0.05) is 33.4 Å². The molecule has 0 aliphatic carbocycles. The van der Waals surface area contributed by atoms with E-state index >= 15 is 0 Å². The first kappa shape index (κ1) is 51.8. The van der Waals surface area contributed by atoms with E-state index in [0.29, 0.717) is 21.8 Å². The first-order valence-corrected chi connectivity index (χ1v) is 20.3. The predicted molar refractivity (Wildman–Crippen MR) is 174 cm³/mol. The van der Waals surface area contributed by atoms with Crippen molar-refractivity contribution in [2.24, 2.45) is 0 Å². The third kappa shape index (κ3) is 18.0. The zero-order chi connectivity index (χ0) is 42.4. The van der Waals surface area contributed by atoms with Crippen molar-refractivity contribution in [1.82, 2.24) is 0 Å². The molecule has 53 heavy (non-hydrogen) atoms. The summed E-state index contributed by atoms with van der Waals surface area (Å²) in [5.74, 6) is -3.85. The molecule has 0 heterocycles. The highest BCUT2D eigenvalue weighted by molar-refractivity contribution is 7.95. The first-order valence-electron chi connectivity index (χ1n) is 13.4. The molecule has 24 heteroatoms. The van der Waals surface area contributed by atoms with Crippen molar-refractivity contribution in [3.05, 3.63) is 85.5 Å². The Hall–Kier alpha value is -3.32. The third-order valence-electron chi connectivity index (χ3n) is 5.27. The number of carbonyl (C=O) groups excluding carboxylic acids is 2. The minimum atomic E-state index is -6.67. The molecule has 0 saturated heterocycles. The maximum Gasteiger partial charge on any atom is 0.432 e. The molecule has 2 aromatic carbocycles.